The monoisotopic (exact) mass is 250 g/mol. The van der Waals surface area contributed by atoms with E-state index in [4.69, 9.17) is 5.73 Å². The first kappa shape index (κ1) is 12.9. The van der Waals surface area contributed by atoms with Gasteiger partial charge in [-0.2, -0.15) is 5.10 Å². The van der Waals surface area contributed by atoms with Gasteiger partial charge in [0.1, 0.15) is 12.4 Å². The molecular weight excluding hydrogens is 228 g/mol. The van der Waals surface area contributed by atoms with E-state index in [-0.39, 0.29) is 5.41 Å². The Hall–Kier alpha value is -1.59. The molecule has 0 aliphatic heterocycles. The average Bonchev–Trinajstić information content (AvgIpc) is 2.68. The van der Waals surface area contributed by atoms with Crippen LogP contribution >= 0.6 is 0 Å². The van der Waals surface area contributed by atoms with Gasteiger partial charge in [-0.15, -0.1) is 0 Å². The molecule has 0 unspecified atom stereocenters. The first-order valence-electron chi connectivity index (χ1n) is 6.43. The number of nitrogens with one attached hydrogen (secondary N) is 2. The predicted molar refractivity (Wildman–Crippen MR) is 71.2 cm³/mol. The second-order valence-electron chi connectivity index (χ2n) is 5.83. The maximum Gasteiger partial charge on any atom is 0.189 e. The molecule has 1 saturated carbocycles. The molecule has 0 radical (unpaired) electrons. The summed E-state index contributed by atoms with van der Waals surface area (Å²) in [5.41, 5.74) is 5.75. The first-order valence-corrected chi connectivity index (χ1v) is 6.43. The summed E-state index contributed by atoms with van der Waals surface area (Å²) in [6.07, 6.45) is 3.65. The third kappa shape index (κ3) is 3.21. The van der Waals surface area contributed by atoms with Crippen LogP contribution in [0.25, 0.3) is 0 Å². The summed E-state index contributed by atoms with van der Waals surface area (Å²) >= 11 is 0. The van der Waals surface area contributed by atoms with E-state index in [1.807, 2.05) is 0 Å². The standard InChI is InChI=1S/C12H22N6/c1-12(2,3)10-16-9(17-18-10)7-14-11(13)15-8-5-4-6-8/h8H,4-7H2,1-3H3,(H3,13,14,15)(H,16,17,18). The highest BCUT2D eigenvalue weighted by atomic mass is 15.2. The maximum absolute atomic E-state index is 5.80. The highest BCUT2D eigenvalue weighted by Crippen LogP contribution is 2.18. The van der Waals surface area contributed by atoms with Gasteiger partial charge in [0.15, 0.2) is 11.8 Å². The Balaban J connectivity index is 1.88. The highest BCUT2D eigenvalue weighted by molar-refractivity contribution is 5.78. The molecule has 1 aliphatic rings. The van der Waals surface area contributed by atoms with Crippen molar-refractivity contribution in [1.29, 1.82) is 0 Å². The van der Waals surface area contributed by atoms with Crippen molar-refractivity contribution >= 4 is 5.96 Å². The summed E-state index contributed by atoms with van der Waals surface area (Å²) in [7, 11) is 0. The van der Waals surface area contributed by atoms with Gasteiger partial charge in [-0.05, 0) is 19.3 Å². The Morgan fingerprint density at radius 2 is 2.22 bits per heavy atom. The van der Waals surface area contributed by atoms with Gasteiger partial charge in [-0.3, -0.25) is 5.10 Å². The van der Waals surface area contributed by atoms with Gasteiger partial charge in [0, 0.05) is 11.5 Å². The van der Waals surface area contributed by atoms with Crippen molar-refractivity contribution in [2.75, 3.05) is 0 Å². The molecule has 1 aromatic heterocycles. The van der Waals surface area contributed by atoms with Crippen LogP contribution in [0.1, 0.15) is 51.7 Å². The number of nitrogens with zero attached hydrogens (tertiary/aromatic N) is 3. The number of aromatic nitrogens is 3. The molecular formula is C12H22N6. The number of guanidine groups is 1. The maximum atomic E-state index is 5.80. The molecule has 1 heterocycles. The fraction of sp³-hybridized carbons (Fsp3) is 0.750. The lowest BCUT2D eigenvalue weighted by atomic mass is 9.93. The minimum Gasteiger partial charge on any atom is -0.370 e. The van der Waals surface area contributed by atoms with Gasteiger partial charge in [0.2, 0.25) is 0 Å². The molecule has 0 spiro atoms. The molecule has 18 heavy (non-hydrogen) atoms. The zero-order valence-corrected chi connectivity index (χ0v) is 11.3. The number of rotatable bonds is 3. The second kappa shape index (κ2) is 4.96. The summed E-state index contributed by atoms with van der Waals surface area (Å²) in [6.45, 7) is 6.68. The Labute approximate surface area is 107 Å². The Morgan fingerprint density at radius 3 is 2.72 bits per heavy atom. The zero-order chi connectivity index (χ0) is 13.2. The van der Waals surface area contributed by atoms with Crippen LogP contribution in [-0.2, 0) is 12.0 Å². The molecule has 1 fully saturated rings. The van der Waals surface area contributed by atoms with Crippen LogP contribution in [0.15, 0.2) is 4.99 Å². The third-order valence-electron chi connectivity index (χ3n) is 3.06. The number of H-pyrrole nitrogens is 1. The quantitative estimate of drug-likeness (QED) is 0.552. The van der Waals surface area contributed by atoms with Gasteiger partial charge in [-0.1, -0.05) is 20.8 Å². The van der Waals surface area contributed by atoms with Crippen LogP contribution in [0, 0.1) is 0 Å². The van der Waals surface area contributed by atoms with Crippen LogP contribution in [0.5, 0.6) is 0 Å². The molecule has 0 bridgehead atoms. The van der Waals surface area contributed by atoms with E-state index in [2.05, 4.69) is 46.3 Å². The minimum atomic E-state index is -0.0474. The second-order valence-corrected chi connectivity index (χ2v) is 5.83. The van der Waals surface area contributed by atoms with Gasteiger partial charge in [0.25, 0.3) is 0 Å². The average molecular weight is 250 g/mol. The van der Waals surface area contributed by atoms with E-state index in [1.54, 1.807) is 0 Å². The van der Waals surface area contributed by atoms with Gasteiger partial charge >= 0.3 is 0 Å². The molecule has 0 atom stereocenters. The van der Waals surface area contributed by atoms with E-state index in [9.17, 15) is 0 Å². The molecule has 4 N–H and O–H groups in total. The molecule has 0 amide bonds. The van der Waals surface area contributed by atoms with Crippen molar-refractivity contribution in [3.8, 4) is 0 Å². The fourth-order valence-electron chi connectivity index (χ4n) is 1.67. The van der Waals surface area contributed by atoms with Crippen molar-refractivity contribution in [2.45, 2.75) is 58.0 Å². The summed E-state index contributed by atoms with van der Waals surface area (Å²) < 4.78 is 0. The summed E-state index contributed by atoms with van der Waals surface area (Å²) in [4.78, 5) is 8.67. The number of hydrogen-bond acceptors (Lipinski definition) is 3. The van der Waals surface area contributed by atoms with Crippen molar-refractivity contribution in [1.82, 2.24) is 20.5 Å². The van der Waals surface area contributed by atoms with E-state index >= 15 is 0 Å². The molecule has 2 rings (SSSR count). The molecule has 0 saturated heterocycles. The van der Waals surface area contributed by atoms with Crippen LogP contribution in [0.3, 0.4) is 0 Å². The van der Waals surface area contributed by atoms with E-state index in [1.165, 1.54) is 19.3 Å². The number of aliphatic imine (C=N–C) groups is 1. The smallest absolute Gasteiger partial charge is 0.189 e. The van der Waals surface area contributed by atoms with Gasteiger partial charge in [-0.25, -0.2) is 9.98 Å². The van der Waals surface area contributed by atoms with E-state index < -0.39 is 0 Å². The molecule has 0 aromatic carbocycles. The number of nitrogens with two attached hydrogens (primary N) is 1. The number of hydrogen-bond donors (Lipinski definition) is 3. The SMILES string of the molecule is CC(C)(C)c1n[nH]c(CN=C(N)NC2CCC2)n1. The van der Waals surface area contributed by atoms with Crippen molar-refractivity contribution < 1.29 is 0 Å². The fourth-order valence-corrected chi connectivity index (χ4v) is 1.67. The Morgan fingerprint density at radius 1 is 1.50 bits per heavy atom. The normalized spacial score (nSPS) is 17.6. The molecule has 1 aromatic rings. The summed E-state index contributed by atoms with van der Waals surface area (Å²) in [5, 5.41) is 10.3. The lowest BCUT2D eigenvalue weighted by molar-refractivity contribution is 0.382. The largest absolute Gasteiger partial charge is 0.370 e. The summed E-state index contributed by atoms with van der Waals surface area (Å²) in [6, 6.07) is 0.508. The van der Waals surface area contributed by atoms with Crippen molar-refractivity contribution in [3.05, 3.63) is 11.6 Å². The molecule has 6 heteroatoms. The summed E-state index contributed by atoms with van der Waals surface area (Å²) in [5.74, 6) is 2.05. The van der Waals surface area contributed by atoms with E-state index in [0.717, 1.165) is 11.6 Å². The lowest BCUT2D eigenvalue weighted by Crippen LogP contribution is -2.43. The molecule has 100 valence electrons. The van der Waals surface area contributed by atoms with Crippen LogP contribution in [0.2, 0.25) is 0 Å². The van der Waals surface area contributed by atoms with Crippen LogP contribution < -0.4 is 11.1 Å². The Bertz CT molecular complexity index is 424. The van der Waals surface area contributed by atoms with E-state index in [0.29, 0.717) is 18.5 Å². The minimum absolute atomic E-state index is 0.0474. The third-order valence-corrected chi connectivity index (χ3v) is 3.06. The van der Waals surface area contributed by atoms with Crippen molar-refractivity contribution in [3.63, 3.8) is 0 Å². The van der Waals surface area contributed by atoms with Gasteiger partial charge < -0.3 is 11.1 Å². The molecule has 1 aliphatic carbocycles. The first-order chi connectivity index (χ1) is 8.45. The predicted octanol–water partition coefficient (Wildman–Crippen LogP) is 1.06. The topological polar surface area (TPSA) is 92.0 Å². The number of aromatic amines is 1. The highest BCUT2D eigenvalue weighted by Gasteiger charge is 2.19. The zero-order valence-electron chi connectivity index (χ0n) is 11.3. The van der Waals surface area contributed by atoms with Crippen molar-refractivity contribution in [2.24, 2.45) is 10.7 Å². The van der Waals surface area contributed by atoms with Gasteiger partial charge in [0.05, 0.1) is 0 Å². The Kier molecular flexibility index (Phi) is 3.54. The lowest BCUT2D eigenvalue weighted by Gasteiger charge is -2.26. The van der Waals surface area contributed by atoms with Crippen LogP contribution in [-0.4, -0.2) is 27.2 Å². The molecule has 6 nitrogen and oxygen atoms in total. The van der Waals surface area contributed by atoms with Crippen LogP contribution in [0.4, 0.5) is 0 Å².